The Morgan fingerprint density at radius 2 is 1.06 bits per heavy atom. The van der Waals surface area contributed by atoms with Crippen molar-refractivity contribution in [3.8, 4) is 0 Å². The highest BCUT2D eigenvalue weighted by Crippen LogP contribution is 2.23. The number of carboxylic acid groups (broad SMARTS) is 1. The largest absolute Gasteiger partial charge is 0.480 e. The second-order valence-electron chi connectivity index (χ2n) is 9.14. The van der Waals surface area contributed by atoms with Crippen molar-refractivity contribution in [2.75, 3.05) is 13.1 Å². The van der Waals surface area contributed by atoms with E-state index in [2.05, 4.69) is 18.7 Å². The van der Waals surface area contributed by atoms with Gasteiger partial charge in [0.25, 0.3) is 0 Å². The van der Waals surface area contributed by atoms with E-state index < -0.39 is 12.0 Å². The molecule has 1 aromatic rings. The van der Waals surface area contributed by atoms with Gasteiger partial charge in [-0.05, 0) is 31.5 Å². The molecule has 1 N–H and O–H groups in total. The lowest BCUT2D eigenvalue weighted by Crippen LogP contribution is -2.35. The van der Waals surface area contributed by atoms with Crippen LogP contribution in [0.4, 0.5) is 0 Å². The maximum absolute atomic E-state index is 12.2. The van der Waals surface area contributed by atoms with Gasteiger partial charge in [0.2, 0.25) is 0 Å². The van der Waals surface area contributed by atoms with Gasteiger partial charge in [-0.2, -0.15) is 0 Å². The molecule has 0 aliphatic heterocycles. The summed E-state index contributed by atoms with van der Waals surface area (Å²) in [5.41, 5.74) is 0.911. The Hall–Kier alpha value is -1.35. The van der Waals surface area contributed by atoms with Crippen molar-refractivity contribution in [3.05, 3.63) is 35.9 Å². The molecule has 0 aliphatic rings. The van der Waals surface area contributed by atoms with E-state index in [0.717, 1.165) is 31.5 Å². The lowest BCUT2D eigenvalue weighted by Gasteiger charge is -2.29. The molecule has 1 rings (SSSR count). The Bertz CT molecular complexity index is 511. The van der Waals surface area contributed by atoms with Gasteiger partial charge in [-0.15, -0.1) is 0 Å². The molecule has 3 heteroatoms. The van der Waals surface area contributed by atoms with E-state index in [1.807, 2.05) is 30.3 Å². The fraction of sp³-hybridized carbons (Fsp3) is 0.750. The van der Waals surface area contributed by atoms with Gasteiger partial charge >= 0.3 is 5.97 Å². The minimum atomic E-state index is -0.717. The molecule has 0 amide bonds. The predicted octanol–water partition coefficient (Wildman–Crippen LogP) is 8.40. The van der Waals surface area contributed by atoms with Crippen molar-refractivity contribution in [3.63, 3.8) is 0 Å². The van der Waals surface area contributed by atoms with Crippen LogP contribution in [-0.4, -0.2) is 29.1 Å². The van der Waals surface area contributed by atoms with Crippen LogP contribution < -0.4 is 0 Å². The molecule has 0 radical (unpaired) electrons. The van der Waals surface area contributed by atoms with Crippen molar-refractivity contribution >= 4 is 5.97 Å². The first kappa shape index (κ1) is 27.7. The number of rotatable bonds is 21. The van der Waals surface area contributed by atoms with Crippen LogP contribution in [0.25, 0.3) is 0 Å². The second kappa shape index (κ2) is 19.3. The molecule has 1 atom stereocenters. The molecule has 1 aromatic carbocycles. The van der Waals surface area contributed by atoms with Crippen LogP contribution in [0, 0.1) is 0 Å². The smallest absolute Gasteiger partial charge is 0.325 e. The standard InChI is InChI=1S/C28H49NO2/c1-3-5-7-9-11-13-15-20-24-29(25-21-16-14-12-10-8-6-4-2)27(28(30)31)26-22-18-17-19-23-26/h17-19,22-23,27H,3-16,20-21,24-25H2,1-2H3,(H,30,31)/t27-/m1/s1. The maximum atomic E-state index is 12.2. The Morgan fingerprint density at radius 1 is 0.677 bits per heavy atom. The van der Waals surface area contributed by atoms with Gasteiger partial charge in [0, 0.05) is 0 Å². The quantitative estimate of drug-likeness (QED) is 0.199. The molecule has 178 valence electrons. The number of carboxylic acids is 1. The van der Waals surface area contributed by atoms with Gasteiger partial charge in [-0.1, -0.05) is 134 Å². The van der Waals surface area contributed by atoms with Crippen molar-refractivity contribution in [1.29, 1.82) is 0 Å². The summed E-state index contributed by atoms with van der Waals surface area (Å²) in [5, 5.41) is 10.0. The molecule has 0 saturated carbocycles. The van der Waals surface area contributed by atoms with Crippen LogP contribution in [0.1, 0.15) is 128 Å². The third kappa shape index (κ3) is 13.6. The van der Waals surface area contributed by atoms with Crippen LogP contribution in [0.15, 0.2) is 30.3 Å². The lowest BCUT2D eigenvalue weighted by atomic mass is 10.0. The summed E-state index contributed by atoms with van der Waals surface area (Å²) in [6.45, 7) is 6.29. The third-order valence-corrected chi connectivity index (χ3v) is 6.31. The van der Waals surface area contributed by atoms with Crippen LogP contribution in [0.3, 0.4) is 0 Å². The van der Waals surface area contributed by atoms with E-state index in [4.69, 9.17) is 0 Å². The summed E-state index contributed by atoms with van der Waals surface area (Å²) in [4.78, 5) is 14.4. The van der Waals surface area contributed by atoms with Crippen molar-refractivity contribution in [2.45, 2.75) is 123 Å². The summed E-state index contributed by atoms with van der Waals surface area (Å²) in [7, 11) is 0. The van der Waals surface area contributed by atoms with E-state index in [9.17, 15) is 9.90 Å². The Labute approximate surface area is 192 Å². The van der Waals surface area contributed by atoms with E-state index in [0.29, 0.717) is 0 Å². The third-order valence-electron chi connectivity index (χ3n) is 6.31. The molecule has 0 unspecified atom stereocenters. The average Bonchev–Trinajstić information content (AvgIpc) is 2.77. The van der Waals surface area contributed by atoms with Gasteiger partial charge in [0.15, 0.2) is 0 Å². The molecule has 0 saturated heterocycles. The van der Waals surface area contributed by atoms with E-state index in [1.54, 1.807) is 0 Å². The summed E-state index contributed by atoms with van der Waals surface area (Å²) in [6.07, 6.45) is 20.5. The normalized spacial score (nSPS) is 12.4. The van der Waals surface area contributed by atoms with Gasteiger partial charge < -0.3 is 5.11 Å². The molecule has 3 nitrogen and oxygen atoms in total. The Morgan fingerprint density at radius 3 is 1.45 bits per heavy atom. The predicted molar refractivity (Wildman–Crippen MR) is 134 cm³/mol. The molecular weight excluding hydrogens is 382 g/mol. The van der Waals surface area contributed by atoms with E-state index >= 15 is 0 Å². The molecule has 0 fully saturated rings. The number of benzene rings is 1. The lowest BCUT2D eigenvalue weighted by molar-refractivity contribution is -0.143. The summed E-state index contributed by atoms with van der Waals surface area (Å²) in [6, 6.07) is 9.28. The monoisotopic (exact) mass is 431 g/mol. The fourth-order valence-electron chi connectivity index (χ4n) is 4.41. The van der Waals surface area contributed by atoms with Crippen LogP contribution in [0.2, 0.25) is 0 Å². The fourth-order valence-corrected chi connectivity index (χ4v) is 4.41. The summed E-state index contributed by atoms with van der Waals surface area (Å²) in [5.74, 6) is -0.717. The SMILES string of the molecule is CCCCCCCCCCN(CCCCCCCCCC)[C@@H](C(=O)O)c1ccccc1. The van der Waals surface area contributed by atoms with Crippen molar-refractivity contribution in [1.82, 2.24) is 4.90 Å². The van der Waals surface area contributed by atoms with E-state index in [-0.39, 0.29) is 0 Å². The van der Waals surface area contributed by atoms with Crippen molar-refractivity contribution in [2.24, 2.45) is 0 Å². The van der Waals surface area contributed by atoms with Gasteiger partial charge in [0.1, 0.15) is 6.04 Å². The molecular formula is C28H49NO2. The number of nitrogens with zero attached hydrogens (tertiary/aromatic N) is 1. The topological polar surface area (TPSA) is 40.5 Å². The molecule has 31 heavy (non-hydrogen) atoms. The highest BCUT2D eigenvalue weighted by atomic mass is 16.4. The van der Waals surface area contributed by atoms with Gasteiger partial charge in [-0.25, -0.2) is 0 Å². The number of carbonyl (C=O) groups is 1. The van der Waals surface area contributed by atoms with Crippen LogP contribution in [0.5, 0.6) is 0 Å². The Kier molecular flexibility index (Phi) is 17.3. The zero-order valence-corrected chi connectivity index (χ0v) is 20.5. The number of unbranched alkanes of at least 4 members (excludes halogenated alkanes) is 14. The van der Waals surface area contributed by atoms with Gasteiger partial charge in [-0.3, -0.25) is 9.69 Å². The molecule has 0 aromatic heterocycles. The number of hydrogen-bond donors (Lipinski definition) is 1. The van der Waals surface area contributed by atoms with E-state index in [1.165, 1.54) is 89.9 Å². The van der Waals surface area contributed by atoms with Gasteiger partial charge in [0.05, 0.1) is 0 Å². The Balaban J connectivity index is 2.48. The summed E-state index contributed by atoms with van der Waals surface area (Å²) < 4.78 is 0. The number of aliphatic carboxylic acids is 1. The molecule has 0 spiro atoms. The van der Waals surface area contributed by atoms with Crippen LogP contribution in [-0.2, 0) is 4.79 Å². The maximum Gasteiger partial charge on any atom is 0.325 e. The second-order valence-corrected chi connectivity index (χ2v) is 9.14. The van der Waals surface area contributed by atoms with Crippen LogP contribution >= 0.6 is 0 Å². The minimum Gasteiger partial charge on any atom is -0.480 e. The van der Waals surface area contributed by atoms with Crippen molar-refractivity contribution < 1.29 is 9.90 Å². The molecule has 0 aliphatic carbocycles. The molecule has 0 bridgehead atoms. The zero-order valence-electron chi connectivity index (χ0n) is 20.5. The minimum absolute atomic E-state index is 0.518. The first-order valence-corrected chi connectivity index (χ1v) is 13.2. The average molecular weight is 432 g/mol. The first-order valence-electron chi connectivity index (χ1n) is 13.2. The molecule has 0 heterocycles. The highest BCUT2D eigenvalue weighted by molar-refractivity contribution is 5.75. The number of hydrogen-bond acceptors (Lipinski definition) is 2. The summed E-state index contributed by atoms with van der Waals surface area (Å²) >= 11 is 0. The zero-order chi connectivity index (χ0) is 22.6. The first-order chi connectivity index (χ1) is 15.2. The highest BCUT2D eigenvalue weighted by Gasteiger charge is 2.26.